The number of aliphatic hydroxyl groups excluding tert-OH is 1. The minimum Gasteiger partial charge on any atom is -0.513 e. The van der Waals surface area contributed by atoms with Crippen molar-refractivity contribution in [1.82, 2.24) is 0 Å². The molecule has 0 bridgehead atoms. The molecule has 1 heteroatoms. The van der Waals surface area contributed by atoms with Crippen LogP contribution < -0.4 is 0 Å². The summed E-state index contributed by atoms with van der Waals surface area (Å²) >= 11 is 0. The summed E-state index contributed by atoms with van der Waals surface area (Å²) in [5.41, 5.74) is 0.311. The largest absolute Gasteiger partial charge is 0.513 e. The predicted octanol–water partition coefficient (Wildman–Crippen LogP) is 2.88. The average Bonchev–Trinajstić information content (AvgIpc) is 1.59. The lowest BCUT2D eigenvalue weighted by molar-refractivity contribution is 0.323. The van der Waals surface area contributed by atoms with Crippen LogP contribution >= 0.6 is 0 Å². The van der Waals surface area contributed by atoms with E-state index in [9.17, 15) is 0 Å². The van der Waals surface area contributed by atoms with Crippen molar-refractivity contribution in [3.63, 3.8) is 0 Å². The molecule has 0 unspecified atom stereocenters. The van der Waals surface area contributed by atoms with Crippen LogP contribution in [0.25, 0.3) is 0 Å². The third-order valence-electron chi connectivity index (χ3n) is 1.16. The minimum absolute atomic E-state index is 0.296. The molecular formula is C8H16O. The van der Waals surface area contributed by atoms with E-state index in [1.807, 2.05) is 0 Å². The Morgan fingerprint density at radius 2 is 1.89 bits per heavy atom. The molecule has 0 aromatic carbocycles. The number of allylic oxidation sites excluding steroid dienone is 1. The van der Waals surface area contributed by atoms with Crippen LogP contribution in [0.3, 0.4) is 0 Å². The highest BCUT2D eigenvalue weighted by Crippen LogP contribution is 2.21. The summed E-state index contributed by atoms with van der Waals surface area (Å²) in [5, 5.41) is 8.72. The van der Waals surface area contributed by atoms with Gasteiger partial charge >= 0.3 is 0 Å². The van der Waals surface area contributed by atoms with Crippen LogP contribution in [-0.4, -0.2) is 5.11 Å². The van der Waals surface area contributed by atoms with Gasteiger partial charge in [-0.15, -0.1) is 0 Å². The first kappa shape index (κ1) is 8.54. The van der Waals surface area contributed by atoms with Crippen molar-refractivity contribution in [2.75, 3.05) is 0 Å². The zero-order chi connectivity index (χ0) is 7.49. The maximum absolute atomic E-state index is 8.72. The van der Waals surface area contributed by atoms with Gasteiger partial charge in [0, 0.05) is 6.42 Å². The first-order valence-electron chi connectivity index (χ1n) is 3.28. The molecule has 0 saturated heterocycles. The lowest BCUT2D eigenvalue weighted by Gasteiger charge is -2.16. The molecule has 0 aromatic rings. The van der Waals surface area contributed by atoms with Crippen molar-refractivity contribution in [1.29, 1.82) is 0 Å². The third-order valence-corrected chi connectivity index (χ3v) is 1.16. The maximum atomic E-state index is 8.72. The Balaban J connectivity index is 3.39. The molecule has 0 aliphatic rings. The summed E-state index contributed by atoms with van der Waals surface area (Å²) in [4.78, 5) is 0. The second-order valence-corrected chi connectivity index (χ2v) is 3.63. The van der Waals surface area contributed by atoms with Gasteiger partial charge in [-0.05, 0) is 11.8 Å². The van der Waals surface area contributed by atoms with E-state index in [-0.39, 0.29) is 0 Å². The molecule has 0 aromatic heterocycles. The smallest absolute Gasteiger partial charge is 0.0851 e. The van der Waals surface area contributed by atoms with Crippen molar-refractivity contribution >= 4 is 0 Å². The van der Waals surface area contributed by atoms with E-state index in [1.54, 1.807) is 0 Å². The quantitative estimate of drug-likeness (QED) is 0.567. The molecule has 0 radical (unpaired) electrons. The fraction of sp³-hybridized carbons (Fsp3) is 0.750. The lowest BCUT2D eigenvalue weighted by Crippen LogP contribution is -2.04. The highest BCUT2D eigenvalue weighted by Gasteiger charge is 2.09. The van der Waals surface area contributed by atoms with Gasteiger partial charge in [0.1, 0.15) is 0 Å². The Labute approximate surface area is 57.4 Å². The Kier molecular flexibility index (Phi) is 2.75. The van der Waals surface area contributed by atoms with Crippen LogP contribution in [-0.2, 0) is 0 Å². The Bertz CT molecular complexity index is 97.6. The Morgan fingerprint density at radius 3 is 2.00 bits per heavy atom. The fourth-order valence-corrected chi connectivity index (χ4v) is 0.519. The standard InChI is InChI=1S/C8H16O/c1-7(9)5-6-8(2,3)4/h9H,1,5-6H2,2-4H3. The summed E-state index contributed by atoms with van der Waals surface area (Å²) in [6.07, 6.45) is 1.73. The second kappa shape index (κ2) is 2.90. The Morgan fingerprint density at radius 1 is 1.44 bits per heavy atom. The van der Waals surface area contributed by atoms with Crippen molar-refractivity contribution in [3.8, 4) is 0 Å². The van der Waals surface area contributed by atoms with Crippen molar-refractivity contribution in [2.45, 2.75) is 33.6 Å². The molecule has 0 spiro atoms. The zero-order valence-electron chi connectivity index (χ0n) is 6.57. The highest BCUT2D eigenvalue weighted by atomic mass is 16.3. The van der Waals surface area contributed by atoms with Crippen molar-refractivity contribution in [2.24, 2.45) is 5.41 Å². The first-order valence-corrected chi connectivity index (χ1v) is 3.28. The second-order valence-electron chi connectivity index (χ2n) is 3.63. The summed E-state index contributed by atoms with van der Waals surface area (Å²) in [6.45, 7) is 9.86. The lowest BCUT2D eigenvalue weighted by atomic mass is 9.90. The van der Waals surface area contributed by atoms with Crippen LogP contribution in [0.1, 0.15) is 33.6 Å². The summed E-state index contributed by atoms with van der Waals surface area (Å²) in [5.74, 6) is 0.296. The fourth-order valence-electron chi connectivity index (χ4n) is 0.519. The minimum atomic E-state index is 0.296. The highest BCUT2D eigenvalue weighted by molar-refractivity contribution is 4.80. The van der Waals surface area contributed by atoms with Gasteiger partial charge in [-0.1, -0.05) is 27.4 Å². The molecule has 1 nitrogen and oxygen atoms in total. The maximum Gasteiger partial charge on any atom is 0.0851 e. The van der Waals surface area contributed by atoms with E-state index in [4.69, 9.17) is 5.11 Å². The third kappa shape index (κ3) is 7.54. The van der Waals surface area contributed by atoms with Crippen LogP contribution in [0, 0.1) is 5.41 Å². The normalized spacial score (nSPS) is 11.4. The van der Waals surface area contributed by atoms with Crippen LogP contribution in [0.4, 0.5) is 0 Å². The summed E-state index contributed by atoms with van der Waals surface area (Å²) in [7, 11) is 0. The van der Waals surface area contributed by atoms with E-state index < -0.39 is 0 Å². The van der Waals surface area contributed by atoms with Gasteiger partial charge in [0.15, 0.2) is 0 Å². The molecule has 0 aliphatic heterocycles. The molecule has 0 atom stereocenters. The monoisotopic (exact) mass is 128 g/mol. The van der Waals surface area contributed by atoms with Crippen LogP contribution in [0.5, 0.6) is 0 Å². The van der Waals surface area contributed by atoms with Gasteiger partial charge in [0.25, 0.3) is 0 Å². The number of aliphatic hydroxyl groups is 1. The van der Waals surface area contributed by atoms with Crippen molar-refractivity contribution in [3.05, 3.63) is 12.3 Å². The average molecular weight is 128 g/mol. The number of rotatable bonds is 2. The van der Waals surface area contributed by atoms with E-state index in [0.717, 1.165) is 12.8 Å². The SMILES string of the molecule is C=C(O)CCC(C)(C)C. The number of hydrogen-bond donors (Lipinski definition) is 1. The van der Waals surface area contributed by atoms with Gasteiger partial charge in [-0.2, -0.15) is 0 Å². The molecule has 54 valence electrons. The van der Waals surface area contributed by atoms with Crippen LogP contribution in [0.15, 0.2) is 12.3 Å². The molecule has 0 rings (SSSR count). The molecule has 9 heavy (non-hydrogen) atoms. The van der Waals surface area contributed by atoms with Crippen LogP contribution in [0.2, 0.25) is 0 Å². The zero-order valence-corrected chi connectivity index (χ0v) is 6.57. The molecule has 1 N–H and O–H groups in total. The summed E-state index contributed by atoms with van der Waals surface area (Å²) in [6, 6.07) is 0. The molecule has 0 fully saturated rings. The van der Waals surface area contributed by atoms with Crippen molar-refractivity contribution < 1.29 is 5.11 Å². The predicted molar refractivity (Wildman–Crippen MR) is 40.5 cm³/mol. The number of hydrogen-bond acceptors (Lipinski definition) is 1. The van der Waals surface area contributed by atoms with Gasteiger partial charge in [0.2, 0.25) is 0 Å². The van der Waals surface area contributed by atoms with Gasteiger partial charge < -0.3 is 5.11 Å². The van der Waals surface area contributed by atoms with Gasteiger partial charge in [0.05, 0.1) is 5.76 Å². The molecule has 0 amide bonds. The van der Waals surface area contributed by atoms with E-state index in [1.165, 1.54) is 0 Å². The van der Waals surface area contributed by atoms with E-state index in [2.05, 4.69) is 27.4 Å². The molecule has 0 aliphatic carbocycles. The van der Waals surface area contributed by atoms with E-state index in [0.29, 0.717) is 11.2 Å². The topological polar surface area (TPSA) is 20.2 Å². The van der Waals surface area contributed by atoms with Gasteiger partial charge in [-0.3, -0.25) is 0 Å². The summed E-state index contributed by atoms with van der Waals surface area (Å²) < 4.78 is 0. The first-order chi connectivity index (χ1) is 3.92. The van der Waals surface area contributed by atoms with Gasteiger partial charge in [-0.25, -0.2) is 0 Å². The molecular weight excluding hydrogens is 112 g/mol. The molecule has 0 heterocycles. The molecule has 0 saturated carbocycles. The Hall–Kier alpha value is -0.460. The van der Waals surface area contributed by atoms with E-state index >= 15 is 0 Å².